The van der Waals surface area contributed by atoms with Crippen LogP contribution in [0.25, 0.3) is 10.9 Å². The van der Waals surface area contributed by atoms with Gasteiger partial charge in [-0.15, -0.1) is 6.58 Å². The fourth-order valence-electron chi connectivity index (χ4n) is 2.58. The molecule has 2 aromatic rings. The second-order valence-electron chi connectivity index (χ2n) is 5.63. The largest absolute Gasteiger partial charge is 0.377 e. The number of benzene rings is 1. The summed E-state index contributed by atoms with van der Waals surface area (Å²) in [6.45, 7) is 8.71. The first-order chi connectivity index (χ1) is 10.6. The summed E-state index contributed by atoms with van der Waals surface area (Å²) in [5.41, 5.74) is 5.51. The van der Waals surface area contributed by atoms with Gasteiger partial charge in [-0.1, -0.05) is 25.1 Å². The summed E-state index contributed by atoms with van der Waals surface area (Å²) >= 11 is 0. The summed E-state index contributed by atoms with van der Waals surface area (Å²) in [5, 5.41) is 1.25. The van der Waals surface area contributed by atoms with Crippen molar-refractivity contribution in [1.82, 2.24) is 4.98 Å². The third-order valence-corrected chi connectivity index (χ3v) is 3.81. The van der Waals surface area contributed by atoms with E-state index in [2.05, 4.69) is 61.8 Å². The number of aromatic nitrogens is 1. The van der Waals surface area contributed by atoms with Crippen LogP contribution in [0.3, 0.4) is 0 Å². The SMILES string of the molecule is C=CCCN=C(C)c1cc(N(C)C)c2c(CC)cccc2n1. The number of aryl methyl sites for hydroxylation is 1. The molecule has 0 fully saturated rings. The second-order valence-corrected chi connectivity index (χ2v) is 5.63. The number of hydrogen-bond acceptors (Lipinski definition) is 3. The normalized spacial score (nSPS) is 11.7. The number of aliphatic imine (C=N–C) groups is 1. The Balaban J connectivity index is 2.59. The second kappa shape index (κ2) is 7.21. The Hall–Kier alpha value is -2.16. The molecule has 1 heterocycles. The summed E-state index contributed by atoms with van der Waals surface area (Å²) < 4.78 is 0. The molecule has 0 radical (unpaired) electrons. The van der Waals surface area contributed by atoms with Gasteiger partial charge < -0.3 is 4.90 Å². The highest BCUT2D eigenvalue weighted by Crippen LogP contribution is 2.29. The van der Waals surface area contributed by atoms with Crippen molar-refractivity contribution in [3.05, 3.63) is 48.2 Å². The van der Waals surface area contributed by atoms with Crippen LogP contribution in [0.4, 0.5) is 5.69 Å². The molecule has 0 atom stereocenters. The highest BCUT2D eigenvalue weighted by Gasteiger charge is 2.12. The van der Waals surface area contributed by atoms with Crippen molar-refractivity contribution in [2.24, 2.45) is 4.99 Å². The minimum absolute atomic E-state index is 0.765. The lowest BCUT2D eigenvalue weighted by Gasteiger charge is -2.19. The van der Waals surface area contributed by atoms with E-state index in [1.165, 1.54) is 16.6 Å². The van der Waals surface area contributed by atoms with Gasteiger partial charge in [0.05, 0.1) is 16.9 Å². The van der Waals surface area contributed by atoms with E-state index in [1.807, 2.05) is 13.0 Å². The van der Waals surface area contributed by atoms with Crippen LogP contribution >= 0.6 is 0 Å². The minimum atomic E-state index is 0.765. The van der Waals surface area contributed by atoms with Crippen molar-refractivity contribution in [3.63, 3.8) is 0 Å². The third-order valence-electron chi connectivity index (χ3n) is 3.81. The molecule has 0 saturated heterocycles. The Morgan fingerprint density at radius 2 is 2.14 bits per heavy atom. The van der Waals surface area contributed by atoms with Gasteiger partial charge in [-0.25, -0.2) is 4.98 Å². The zero-order valence-electron chi connectivity index (χ0n) is 14.1. The van der Waals surface area contributed by atoms with E-state index in [0.29, 0.717) is 0 Å². The maximum atomic E-state index is 4.82. The molecule has 0 aliphatic carbocycles. The first-order valence-electron chi connectivity index (χ1n) is 7.80. The minimum Gasteiger partial charge on any atom is -0.377 e. The van der Waals surface area contributed by atoms with Gasteiger partial charge in [0.1, 0.15) is 0 Å². The molecule has 0 aliphatic rings. The molecule has 22 heavy (non-hydrogen) atoms. The first kappa shape index (κ1) is 16.2. The van der Waals surface area contributed by atoms with Crippen LogP contribution < -0.4 is 4.90 Å². The molecule has 3 nitrogen and oxygen atoms in total. The third kappa shape index (κ3) is 3.35. The van der Waals surface area contributed by atoms with Crippen LogP contribution in [0.2, 0.25) is 0 Å². The average Bonchev–Trinajstić information content (AvgIpc) is 2.53. The molecule has 0 bridgehead atoms. The number of hydrogen-bond donors (Lipinski definition) is 0. The lowest BCUT2D eigenvalue weighted by Crippen LogP contribution is -2.12. The Bertz CT molecular complexity index is 699. The molecule has 3 heteroatoms. The van der Waals surface area contributed by atoms with Gasteiger partial charge in [-0.05, 0) is 37.5 Å². The number of anilines is 1. The number of pyridine rings is 1. The van der Waals surface area contributed by atoms with Gasteiger partial charge in [0, 0.05) is 31.7 Å². The van der Waals surface area contributed by atoms with Gasteiger partial charge in [0.15, 0.2) is 0 Å². The molecule has 2 rings (SSSR count). The van der Waals surface area contributed by atoms with Gasteiger partial charge in [-0.2, -0.15) is 0 Å². The molecule has 116 valence electrons. The Morgan fingerprint density at radius 3 is 2.77 bits per heavy atom. The van der Waals surface area contributed by atoms with Crippen LogP contribution in [0.5, 0.6) is 0 Å². The molecule has 1 aromatic carbocycles. The number of rotatable bonds is 6. The van der Waals surface area contributed by atoms with Crippen molar-refractivity contribution in [1.29, 1.82) is 0 Å². The van der Waals surface area contributed by atoms with Crippen LogP contribution in [-0.2, 0) is 6.42 Å². The van der Waals surface area contributed by atoms with E-state index in [9.17, 15) is 0 Å². The lowest BCUT2D eigenvalue weighted by molar-refractivity contribution is 1.00. The van der Waals surface area contributed by atoms with E-state index >= 15 is 0 Å². The summed E-state index contributed by atoms with van der Waals surface area (Å²) in [6.07, 6.45) is 3.79. The average molecular weight is 295 g/mol. The fourth-order valence-corrected chi connectivity index (χ4v) is 2.58. The molecule has 1 aromatic heterocycles. The molecule has 0 amide bonds. The van der Waals surface area contributed by atoms with E-state index in [4.69, 9.17) is 4.98 Å². The number of nitrogens with zero attached hydrogens (tertiary/aromatic N) is 3. The summed E-state index contributed by atoms with van der Waals surface area (Å²) in [7, 11) is 4.16. The maximum absolute atomic E-state index is 4.82. The monoisotopic (exact) mass is 295 g/mol. The van der Waals surface area contributed by atoms with E-state index in [-0.39, 0.29) is 0 Å². The van der Waals surface area contributed by atoms with Crippen LogP contribution in [0.15, 0.2) is 41.9 Å². The molecule has 0 N–H and O–H groups in total. The Morgan fingerprint density at radius 1 is 1.36 bits per heavy atom. The molecule has 0 unspecified atom stereocenters. The van der Waals surface area contributed by atoms with Crippen molar-refractivity contribution in [3.8, 4) is 0 Å². The molecule has 0 aliphatic heterocycles. The van der Waals surface area contributed by atoms with E-state index in [1.54, 1.807) is 0 Å². The lowest BCUT2D eigenvalue weighted by atomic mass is 10.0. The predicted octanol–water partition coefficient (Wildman–Crippen LogP) is 4.25. The van der Waals surface area contributed by atoms with Crippen molar-refractivity contribution < 1.29 is 0 Å². The zero-order valence-corrected chi connectivity index (χ0v) is 14.1. The summed E-state index contributed by atoms with van der Waals surface area (Å²) in [6, 6.07) is 8.50. The summed E-state index contributed by atoms with van der Waals surface area (Å²) in [4.78, 5) is 11.6. The molecular weight excluding hydrogens is 270 g/mol. The molecule has 0 spiro atoms. The first-order valence-corrected chi connectivity index (χ1v) is 7.80. The van der Waals surface area contributed by atoms with Crippen LogP contribution in [-0.4, -0.2) is 31.3 Å². The van der Waals surface area contributed by atoms with Crippen molar-refractivity contribution in [2.75, 3.05) is 25.5 Å². The number of fused-ring (bicyclic) bond motifs is 1. The Labute approximate surface area is 133 Å². The van der Waals surface area contributed by atoms with Crippen LogP contribution in [0.1, 0.15) is 31.5 Å². The smallest absolute Gasteiger partial charge is 0.0865 e. The molecular formula is C19H25N3. The van der Waals surface area contributed by atoms with Crippen molar-refractivity contribution >= 4 is 22.3 Å². The summed E-state index contributed by atoms with van der Waals surface area (Å²) in [5.74, 6) is 0. The van der Waals surface area contributed by atoms with Gasteiger partial charge in [-0.3, -0.25) is 4.99 Å². The van der Waals surface area contributed by atoms with Gasteiger partial charge in [0.25, 0.3) is 0 Å². The topological polar surface area (TPSA) is 28.5 Å². The quantitative estimate of drug-likeness (QED) is 0.453. The standard InChI is InChI=1S/C19H25N3/c1-6-8-12-20-14(3)17-13-18(22(4)5)19-15(7-2)10-9-11-16(19)21-17/h6,9-11,13H,1,7-8,12H2,2-5H3. The van der Waals surface area contributed by atoms with Crippen LogP contribution in [0, 0.1) is 0 Å². The predicted molar refractivity (Wildman–Crippen MR) is 97.3 cm³/mol. The van der Waals surface area contributed by atoms with Gasteiger partial charge >= 0.3 is 0 Å². The zero-order chi connectivity index (χ0) is 16.1. The van der Waals surface area contributed by atoms with E-state index < -0.39 is 0 Å². The highest BCUT2D eigenvalue weighted by atomic mass is 15.1. The van der Waals surface area contributed by atoms with Gasteiger partial charge in [0.2, 0.25) is 0 Å². The molecule has 0 saturated carbocycles. The van der Waals surface area contributed by atoms with Crippen molar-refractivity contribution in [2.45, 2.75) is 26.7 Å². The van der Waals surface area contributed by atoms with E-state index in [0.717, 1.165) is 36.3 Å². The highest BCUT2D eigenvalue weighted by molar-refractivity contribution is 6.03. The fraction of sp³-hybridized carbons (Fsp3) is 0.368. The maximum Gasteiger partial charge on any atom is 0.0865 e. The Kier molecular flexibility index (Phi) is 5.31.